The lowest BCUT2D eigenvalue weighted by Gasteiger charge is -2.20. The summed E-state index contributed by atoms with van der Waals surface area (Å²) in [5.74, 6) is 2.63. The van der Waals surface area contributed by atoms with Crippen molar-refractivity contribution in [2.75, 3.05) is 37.1 Å². The van der Waals surface area contributed by atoms with Crippen molar-refractivity contribution in [1.82, 2.24) is 9.36 Å². The smallest absolute Gasteiger partial charge is 0.202 e. The minimum atomic E-state index is -0.580. The van der Waals surface area contributed by atoms with Crippen LogP contribution in [0.1, 0.15) is 12.2 Å². The third kappa shape index (κ3) is 3.80. The Hall–Kier alpha value is -0.370. The molecular weight excluding hydrogens is 258 g/mol. The molecule has 1 atom stereocenters. The van der Waals surface area contributed by atoms with Crippen molar-refractivity contribution >= 4 is 28.4 Å². The molecule has 0 amide bonds. The van der Waals surface area contributed by atoms with Gasteiger partial charge in [0.25, 0.3) is 0 Å². The fraction of sp³-hybridized carbons (Fsp3) is 0.800. The molecule has 96 valence electrons. The summed E-state index contributed by atoms with van der Waals surface area (Å²) in [5.41, 5.74) is -0.580. The molecule has 0 spiro atoms. The van der Waals surface area contributed by atoms with E-state index in [4.69, 9.17) is 4.74 Å². The third-order valence-electron chi connectivity index (χ3n) is 2.65. The van der Waals surface area contributed by atoms with Crippen LogP contribution < -0.4 is 5.32 Å². The SMILES string of the molecule is COCCc1nsc(NCC2(O)CCSC2)n1. The first-order chi connectivity index (χ1) is 8.22. The first kappa shape index (κ1) is 13.1. The monoisotopic (exact) mass is 275 g/mol. The average Bonchev–Trinajstić information content (AvgIpc) is 2.94. The molecule has 1 aromatic rings. The molecule has 0 saturated carbocycles. The summed E-state index contributed by atoms with van der Waals surface area (Å²) in [6.45, 7) is 1.19. The Morgan fingerprint density at radius 2 is 2.47 bits per heavy atom. The van der Waals surface area contributed by atoms with E-state index in [-0.39, 0.29) is 0 Å². The Morgan fingerprint density at radius 1 is 1.59 bits per heavy atom. The number of anilines is 1. The lowest BCUT2D eigenvalue weighted by molar-refractivity contribution is 0.0820. The molecule has 0 radical (unpaired) electrons. The zero-order valence-corrected chi connectivity index (χ0v) is 11.4. The highest BCUT2D eigenvalue weighted by molar-refractivity contribution is 7.99. The van der Waals surface area contributed by atoms with Gasteiger partial charge in [0, 0.05) is 37.4 Å². The van der Waals surface area contributed by atoms with Crippen LogP contribution >= 0.6 is 23.3 Å². The Morgan fingerprint density at radius 3 is 3.18 bits per heavy atom. The van der Waals surface area contributed by atoms with Crippen LogP contribution in [0.25, 0.3) is 0 Å². The molecule has 2 rings (SSSR count). The van der Waals surface area contributed by atoms with Gasteiger partial charge in [-0.3, -0.25) is 0 Å². The fourth-order valence-corrected chi connectivity index (χ4v) is 3.50. The van der Waals surface area contributed by atoms with Crippen molar-refractivity contribution in [2.24, 2.45) is 0 Å². The maximum atomic E-state index is 10.2. The Labute approximate surface area is 109 Å². The van der Waals surface area contributed by atoms with Crippen LogP contribution in [0.3, 0.4) is 0 Å². The standard InChI is InChI=1S/C10H17N3O2S2/c1-15-4-2-8-12-9(17-13-8)11-6-10(14)3-5-16-7-10/h14H,2-7H2,1H3,(H,11,12,13). The fourth-order valence-electron chi connectivity index (χ4n) is 1.60. The van der Waals surface area contributed by atoms with Gasteiger partial charge in [0.15, 0.2) is 0 Å². The van der Waals surface area contributed by atoms with Gasteiger partial charge in [0.1, 0.15) is 5.82 Å². The van der Waals surface area contributed by atoms with E-state index in [0.717, 1.165) is 35.3 Å². The molecule has 1 aliphatic heterocycles. The number of nitrogens with zero attached hydrogens (tertiary/aromatic N) is 2. The summed E-state index contributed by atoms with van der Waals surface area (Å²) in [5, 5.41) is 14.1. The molecule has 5 nitrogen and oxygen atoms in total. The number of ether oxygens (including phenoxy) is 1. The van der Waals surface area contributed by atoms with Gasteiger partial charge in [-0.1, -0.05) is 0 Å². The molecule has 1 unspecified atom stereocenters. The van der Waals surface area contributed by atoms with Gasteiger partial charge in [-0.05, 0) is 12.2 Å². The molecule has 1 fully saturated rings. The van der Waals surface area contributed by atoms with Crippen LogP contribution in [0, 0.1) is 0 Å². The van der Waals surface area contributed by atoms with E-state index < -0.39 is 5.60 Å². The van der Waals surface area contributed by atoms with Crippen molar-refractivity contribution in [3.8, 4) is 0 Å². The third-order valence-corrected chi connectivity index (χ3v) is 4.59. The second-order valence-electron chi connectivity index (χ2n) is 4.14. The molecule has 1 aliphatic rings. The molecule has 0 aliphatic carbocycles. The maximum absolute atomic E-state index is 10.2. The van der Waals surface area contributed by atoms with E-state index in [1.54, 1.807) is 18.9 Å². The van der Waals surface area contributed by atoms with E-state index in [9.17, 15) is 5.11 Å². The zero-order chi connectivity index (χ0) is 12.1. The normalized spacial score (nSPS) is 24.1. The van der Waals surface area contributed by atoms with Crippen molar-refractivity contribution in [3.63, 3.8) is 0 Å². The quantitative estimate of drug-likeness (QED) is 0.807. The number of nitrogens with one attached hydrogen (secondary N) is 1. The van der Waals surface area contributed by atoms with Crippen molar-refractivity contribution in [2.45, 2.75) is 18.4 Å². The number of thioether (sulfide) groups is 1. The summed E-state index contributed by atoms with van der Waals surface area (Å²) < 4.78 is 9.20. The highest BCUT2D eigenvalue weighted by atomic mass is 32.2. The van der Waals surface area contributed by atoms with E-state index in [0.29, 0.717) is 13.2 Å². The minimum Gasteiger partial charge on any atom is -0.387 e. The topological polar surface area (TPSA) is 67.3 Å². The molecule has 0 aromatic carbocycles. The second-order valence-corrected chi connectivity index (χ2v) is 6.00. The van der Waals surface area contributed by atoms with Gasteiger partial charge in [0.05, 0.1) is 12.2 Å². The molecule has 7 heteroatoms. The molecule has 0 bridgehead atoms. The molecule has 1 aromatic heterocycles. The predicted molar refractivity (Wildman–Crippen MR) is 70.9 cm³/mol. The van der Waals surface area contributed by atoms with Crippen LogP contribution in [-0.2, 0) is 11.2 Å². The van der Waals surface area contributed by atoms with Crippen LogP contribution in [0.15, 0.2) is 0 Å². The highest BCUT2D eigenvalue weighted by Gasteiger charge is 2.31. The molecule has 2 N–H and O–H groups in total. The summed E-state index contributed by atoms with van der Waals surface area (Å²) in [4.78, 5) is 4.34. The van der Waals surface area contributed by atoms with Gasteiger partial charge in [0.2, 0.25) is 5.13 Å². The Kier molecular flexibility index (Phi) is 4.61. The van der Waals surface area contributed by atoms with E-state index in [1.807, 2.05) is 0 Å². The van der Waals surface area contributed by atoms with Crippen LogP contribution in [0.5, 0.6) is 0 Å². The predicted octanol–water partition coefficient (Wildman–Crippen LogP) is 1.01. The van der Waals surface area contributed by atoms with Crippen LogP contribution in [0.2, 0.25) is 0 Å². The van der Waals surface area contributed by atoms with Gasteiger partial charge >= 0.3 is 0 Å². The highest BCUT2D eigenvalue weighted by Crippen LogP contribution is 2.28. The van der Waals surface area contributed by atoms with E-state index >= 15 is 0 Å². The number of aliphatic hydroxyl groups is 1. The van der Waals surface area contributed by atoms with E-state index in [2.05, 4.69) is 14.7 Å². The number of aromatic nitrogens is 2. The number of rotatable bonds is 6. The number of hydrogen-bond acceptors (Lipinski definition) is 7. The largest absolute Gasteiger partial charge is 0.387 e. The minimum absolute atomic E-state index is 0.554. The van der Waals surface area contributed by atoms with Gasteiger partial charge in [-0.2, -0.15) is 16.1 Å². The molecule has 1 saturated heterocycles. The second kappa shape index (κ2) is 5.99. The van der Waals surface area contributed by atoms with Crippen molar-refractivity contribution in [1.29, 1.82) is 0 Å². The zero-order valence-electron chi connectivity index (χ0n) is 9.81. The number of hydrogen-bond donors (Lipinski definition) is 2. The van der Waals surface area contributed by atoms with Gasteiger partial charge in [-0.15, -0.1) is 0 Å². The van der Waals surface area contributed by atoms with Crippen LogP contribution in [0.4, 0.5) is 5.13 Å². The first-order valence-electron chi connectivity index (χ1n) is 5.57. The van der Waals surface area contributed by atoms with Gasteiger partial charge < -0.3 is 15.2 Å². The van der Waals surface area contributed by atoms with Crippen LogP contribution in [-0.4, -0.2) is 51.8 Å². The summed E-state index contributed by atoms with van der Waals surface area (Å²) >= 11 is 3.13. The van der Waals surface area contributed by atoms with Gasteiger partial charge in [-0.25, -0.2) is 4.98 Å². The first-order valence-corrected chi connectivity index (χ1v) is 7.50. The van der Waals surface area contributed by atoms with Crippen molar-refractivity contribution in [3.05, 3.63) is 5.82 Å². The summed E-state index contributed by atoms with van der Waals surface area (Å²) in [6, 6.07) is 0. The lowest BCUT2D eigenvalue weighted by Crippen LogP contribution is -2.36. The average molecular weight is 275 g/mol. The molecule has 17 heavy (non-hydrogen) atoms. The number of methoxy groups -OCH3 is 1. The Balaban J connectivity index is 1.80. The molecular formula is C10H17N3O2S2. The Bertz CT molecular complexity index is 353. The van der Waals surface area contributed by atoms with Crippen molar-refractivity contribution < 1.29 is 9.84 Å². The van der Waals surface area contributed by atoms with E-state index in [1.165, 1.54) is 11.5 Å². The maximum Gasteiger partial charge on any atom is 0.202 e. The summed E-state index contributed by atoms with van der Waals surface area (Å²) in [6.07, 6.45) is 1.58. The lowest BCUT2D eigenvalue weighted by atomic mass is 10.0. The molecule has 2 heterocycles. The summed E-state index contributed by atoms with van der Waals surface area (Å²) in [7, 11) is 1.67.